The lowest BCUT2D eigenvalue weighted by atomic mass is 10.3. The van der Waals surface area contributed by atoms with E-state index in [1.807, 2.05) is 6.92 Å². The van der Waals surface area contributed by atoms with Gasteiger partial charge in [0.25, 0.3) is 0 Å². The molecule has 0 saturated heterocycles. The third-order valence-corrected chi connectivity index (χ3v) is 3.26. The number of pyridine rings is 1. The summed E-state index contributed by atoms with van der Waals surface area (Å²) in [6.07, 6.45) is 1.52. The summed E-state index contributed by atoms with van der Waals surface area (Å²) < 4.78 is 5.41. The summed E-state index contributed by atoms with van der Waals surface area (Å²) in [5.41, 5.74) is 0.458. The average Bonchev–Trinajstić information content (AvgIpc) is 2.20. The van der Waals surface area contributed by atoms with Crippen molar-refractivity contribution in [3.8, 4) is 0 Å². The number of thioether (sulfide) groups is 1. The van der Waals surface area contributed by atoms with E-state index in [1.165, 1.54) is 13.3 Å². The van der Waals surface area contributed by atoms with Crippen LogP contribution in [-0.2, 0) is 4.74 Å². The van der Waals surface area contributed by atoms with Gasteiger partial charge in [0.05, 0.1) is 17.1 Å². The summed E-state index contributed by atoms with van der Waals surface area (Å²) in [4.78, 5) is 15.3. The molecular weight excluding hydrogens is 266 g/mol. The summed E-state index contributed by atoms with van der Waals surface area (Å²) in [6, 6.07) is 1.72. The van der Waals surface area contributed by atoms with E-state index in [0.717, 1.165) is 15.3 Å². The summed E-state index contributed by atoms with van der Waals surface area (Å²) in [5, 5.41) is 0.889. The highest BCUT2D eigenvalue weighted by atomic mass is 79.9. The Morgan fingerprint density at radius 2 is 2.43 bits per heavy atom. The predicted octanol–water partition coefficient (Wildman–Crippen LogP) is 2.74. The Bertz CT molecular complexity index is 344. The SMILES string of the molecule is CCSc1ncc(C(=O)OC)cc1Br. The van der Waals surface area contributed by atoms with E-state index >= 15 is 0 Å². The van der Waals surface area contributed by atoms with Crippen molar-refractivity contribution < 1.29 is 9.53 Å². The van der Waals surface area contributed by atoms with Crippen LogP contribution in [0.2, 0.25) is 0 Å². The van der Waals surface area contributed by atoms with Crippen LogP contribution in [0.25, 0.3) is 0 Å². The minimum Gasteiger partial charge on any atom is -0.465 e. The molecule has 0 saturated carbocycles. The molecular formula is C9H10BrNO2S. The fourth-order valence-electron chi connectivity index (χ4n) is 0.898. The zero-order chi connectivity index (χ0) is 10.6. The number of rotatable bonds is 3. The van der Waals surface area contributed by atoms with Crippen molar-refractivity contribution in [2.24, 2.45) is 0 Å². The predicted molar refractivity (Wildman–Crippen MR) is 59.7 cm³/mol. The molecule has 0 N–H and O–H groups in total. The van der Waals surface area contributed by atoms with Gasteiger partial charge in [-0.25, -0.2) is 9.78 Å². The maximum atomic E-state index is 11.1. The first-order chi connectivity index (χ1) is 6.69. The van der Waals surface area contributed by atoms with Crippen molar-refractivity contribution >= 4 is 33.7 Å². The monoisotopic (exact) mass is 275 g/mol. The summed E-state index contributed by atoms with van der Waals surface area (Å²) in [7, 11) is 1.35. The van der Waals surface area contributed by atoms with E-state index in [4.69, 9.17) is 0 Å². The number of methoxy groups -OCH3 is 1. The van der Waals surface area contributed by atoms with Crippen LogP contribution in [-0.4, -0.2) is 23.8 Å². The smallest absolute Gasteiger partial charge is 0.339 e. The van der Waals surface area contributed by atoms with Crippen molar-refractivity contribution in [2.75, 3.05) is 12.9 Å². The van der Waals surface area contributed by atoms with Crippen LogP contribution in [0.3, 0.4) is 0 Å². The van der Waals surface area contributed by atoms with E-state index in [-0.39, 0.29) is 5.97 Å². The van der Waals surface area contributed by atoms with Gasteiger partial charge in [-0.1, -0.05) is 6.92 Å². The second kappa shape index (κ2) is 5.36. The van der Waals surface area contributed by atoms with Crippen LogP contribution < -0.4 is 0 Å². The second-order valence-electron chi connectivity index (χ2n) is 2.44. The molecule has 1 rings (SSSR count). The molecule has 1 aromatic rings. The van der Waals surface area contributed by atoms with Crippen LogP contribution in [0, 0.1) is 0 Å². The van der Waals surface area contributed by atoms with E-state index in [9.17, 15) is 4.79 Å². The lowest BCUT2D eigenvalue weighted by Crippen LogP contribution is -2.02. The maximum absolute atomic E-state index is 11.1. The van der Waals surface area contributed by atoms with E-state index in [2.05, 4.69) is 25.7 Å². The van der Waals surface area contributed by atoms with Gasteiger partial charge >= 0.3 is 5.97 Å². The summed E-state index contributed by atoms with van der Waals surface area (Å²) >= 11 is 4.97. The van der Waals surface area contributed by atoms with Crippen molar-refractivity contribution in [3.05, 3.63) is 22.3 Å². The number of esters is 1. The zero-order valence-electron chi connectivity index (χ0n) is 7.91. The average molecular weight is 276 g/mol. The van der Waals surface area contributed by atoms with Gasteiger partial charge in [0.1, 0.15) is 5.03 Å². The van der Waals surface area contributed by atoms with E-state index in [0.29, 0.717) is 5.56 Å². The molecule has 0 unspecified atom stereocenters. The standard InChI is InChI=1S/C9H10BrNO2S/c1-3-14-8-7(10)4-6(5-11-8)9(12)13-2/h4-5H,3H2,1-2H3. The number of ether oxygens (including phenoxy) is 1. The number of hydrogen-bond acceptors (Lipinski definition) is 4. The fraction of sp³-hybridized carbons (Fsp3) is 0.333. The van der Waals surface area contributed by atoms with Crippen LogP contribution in [0.5, 0.6) is 0 Å². The highest BCUT2D eigenvalue weighted by Gasteiger charge is 2.09. The van der Waals surface area contributed by atoms with Crippen molar-refractivity contribution in [2.45, 2.75) is 11.9 Å². The molecule has 14 heavy (non-hydrogen) atoms. The maximum Gasteiger partial charge on any atom is 0.339 e. The first-order valence-electron chi connectivity index (χ1n) is 4.05. The lowest BCUT2D eigenvalue weighted by molar-refractivity contribution is 0.0600. The number of carbonyl (C=O) groups is 1. The summed E-state index contributed by atoms with van der Waals surface area (Å²) in [6.45, 7) is 2.05. The zero-order valence-corrected chi connectivity index (χ0v) is 10.3. The Morgan fingerprint density at radius 1 is 1.71 bits per heavy atom. The molecule has 0 bridgehead atoms. The van der Waals surface area contributed by atoms with Gasteiger partial charge in [-0.05, 0) is 27.7 Å². The third-order valence-electron chi connectivity index (χ3n) is 1.51. The number of carbonyl (C=O) groups excluding carboxylic acids is 1. The van der Waals surface area contributed by atoms with Gasteiger partial charge in [-0.2, -0.15) is 0 Å². The molecule has 5 heteroatoms. The number of hydrogen-bond donors (Lipinski definition) is 0. The largest absolute Gasteiger partial charge is 0.465 e. The minimum absolute atomic E-state index is 0.369. The van der Waals surface area contributed by atoms with Gasteiger partial charge in [-0.3, -0.25) is 0 Å². The molecule has 0 radical (unpaired) electrons. The van der Waals surface area contributed by atoms with Crippen LogP contribution in [0.4, 0.5) is 0 Å². The van der Waals surface area contributed by atoms with Gasteiger partial charge in [0.15, 0.2) is 0 Å². The minimum atomic E-state index is -0.369. The molecule has 0 aliphatic carbocycles. The Morgan fingerprint density at radius 3 is 2.93 bits per heavy atom. The quantitative estimate of drug-likeness (QED) is 0.628. The Kier molecular flexibility index (Phi) is 4.41. The molecule has 1 heterocycles. The second-order valence-corrected chi connectivity index (χ2v) is 4.54. The van der Waals surface area contributed by atoms with Crippen LogP contribution >= 0.6 is 27.7 Å². The molecule has 0 aliphatic heterocycles. The summed E-state index contributed by atoms with van der Waals surface area (Å²) in [5.74, 6) is 0.578. The number of halogens is 1. The van der Waals surface area contributed by atoms with Gasteiger partial charge in [-0.15, -0.1) is 11.8 Å². The van der Waals surface area contributed by atoms with Gasteiger partial charge in [0, 0.05) is 6.20 Å². The molecule has 76 valence electrons. The van der Waals surface area contributed by atoms with Crippen molar-refractivity contribution in [3.63, 3.8) is 0 Å². The normalized spacial score (nSPS) is 9.93. The molecule has 0 amide bonds. The van der Waals surface area contributed by atoms with E-state index in [1.54, 1.807) is 17.8 Å². The first kappa shape index (κ1) is 11.5. The topological polar surface area (TPSA) is 39.2 Å². The number of nitrogens with zero attached hydrogens (tertiary/aromatic N) is 1. The highest BCUT2D eigenvalue weighted by molar-refractivity contribution is 9.10. The van der Waals surface area contributed by atoms with Crippen LogP contribution in [0.15, 0.2) is 21.8 Å². The molecule has 0 atom stereocenters. The molecule has 0 fully saturated rings. The Hall–Kier alpha value is -0.550. The highest BCUT2D eigenvalue weighted by Crippen LogP contribution is 2.25. The molecule has 0 aliphatic rings. The first-order valence-corrected chi connectivity index (χ1v) is 5.83. The van der Waals surface area contributed by atoms with Crippen molar-refractivity contribution in [1.82, 2.24) is 4.98 Å². The molecule has 0 aromatic carbocycles. The molecule has 1 aromatic heterocycles. The fourth-order valence-corrected chi connectivity index (χ4v) is 2.19. The van der Waals surface area contributed by atoms with Gasteiger partial charge in [0.2, 0.25) is 0 Å². The Labute approximate surface area is 95.4 Å². The lowest BCUT2D eigenvalue weighted by Gasteiger charge is -2.03. The molecule has 3 nitrogen and oxygen atoms in total. The van der Waals surface area contributed by atoms with E-state index < -0.39 is 0 Å². The Balaban J connectivity index is 2.94. The van der Waals surface area contributed by atoms with Crippen molar-refractivity contribution in [1.29, 1.82) is 0 Å². The van der Waals surface area contributed by atoms with Gasteiger partial charge < -0.3 is 4.74 Å². The van der Waals surface area contributed by atoms with Crippen LogP contribution in [0.1, 0.15) is 17.3 Å². The number of aromatic nitrogens is 1. The third kappa shape index (κ3) is 2.72. The molecule has 0 spiro atoms.